The maximum absolute atomic E-state index is 6.84. The number of ether oxygens (including phenoxy) is 2. The van der Waals surface area contributed by atoms with Gasteiger partial charge >= 0.3 is 0 Å². The summed E-state index contributed by atoms with van der Waals surface area (Å²) in [5.74, 6) is 3.61. The van der Waals surface area contributed by atoms with Gasteiger partial charge < -0.3 is 9.47 Å². The number of aromatic nitrogens is 3. The Morgan fingerprint density at radius 1 is 0.460 bits per heavy atom. The quantitative estimate of drug-likeness (QED) is 0.192. The lowest BCUT2D eigenvalue weighted by atomic mass is 10.0. The van der Waals surface area contributed by atoms with Crippen LogP contribution in [-0.2, 0) is 0 Å². The molecule has 11 rings (SSSR count). The molecule has 50 heavy (non-hydrogen) atoms. The van der Waals surface area contributed by atoms with Gasteiger partial charge in [-0.25, -0.2) is 9.97 Å². The van der Waals surface area contributed by atoms with Gasteiger partial charge in [-0.2, -0.15) is 0 Å². The SMILES string of the molecule is c1ccc(-c2ccc(-c3nc(-n4c5ccccc5c5c6c7c(cc54)Oc4ccccc4N7c4ccccc4O6)nc4ccccc34)cc2)cc1. The van der Waals surface area contributed by atoms with Gasteiger partial charge in [0.05, 0.1) is 39.0 Å². The molecule has 0 spiro atoms. The van der Waals surface area contributed by atoms with E-state index in [0.29, 0.717) is 11.7 Å². The molecule has 0 saturated carbocycles. The van der Waals surface area contributed by atoms with E-state index in [0.717, 1.165) is 83.8 Å². The van der Waals surface area contributed by atoms with Crippen LogP contribution in [0.4, 0.5) is 17.1 Å². The monoisotopic (exact) mass is 642 g/mol. The van der Waals surface area contributed by atoms with Crippen molar-refractivity contribution >= 4 is 49.8 Å². The number of nitrogens with zero attached hydrogens (tertiary/aromatic N) is 4. The van der Waals surface area contributed by atoms with Crippen molar-refractivity contribution in [1.29, 1.82) is 0 Å². The normalized spacial score (nSPS) is 12.7. The number of para-hydroxylation sites is 6. The molecule has 6 heteroatoms. The summed E-state index contributed by atoms with van der Waals surface area (Å²) in [6.45, 7) is 0. The Balaban J connectivity index is 1.18. The molecule has 2 aromatic heterocycles. The van der Waals surface area contributed by atoms with Crippen LogP contribution in [0, 0.1) is 0 Å². The summed E-state index contributed by atoms with van der Waals surface area (Å²) < 4.78 is 15.7. The van der Waals surface area contributed by atoms with Crippen molar-refractivity contribution < 1.29 is 9.47 Å². The predicted octanol–water partition coefficient (Wildman–Crippen LogP) is 11.7. The van der Waals surface area contributed by atoms with E-state index >= 15 is 0 Å². The van der Waals surface area contributed by atoms with Crippen molar-refractivity contribution in [3.05, 3.63) is 158 Å². The Hall–Kier alpha value is -6.92. The fourth-order valence-corrected chi connectivity index (χ4v) is 7.55. The summed E-state index contributed by atoms with van der Waals surface area (Å²) in [5.41, 5.74) is 9.81. The van der Waals surface area contributed by atoms with E-state index in [4.69, 9.17) is 19.4 Å². The zero-order chi connectivity index (χ0) is 32.8. The molecule has 0 unspecified atom stereocenters. The van der Waals surface area contributed by atoms with E-state index < -0.39 is 0 Å². The second kappa shape index (κ2) is 10.3. The molecule has 2 aliphatic heterocycles. The van der Waals surface area contributed by atoms with Gasteiger partial charge in [-0.3, -0.25) is 9.47 Å². The van der Waals surface area contributed by atoms with E-state index in [1.54, 1.807) is 0 Å². The Labute approximate surface area is 287 Å². The third-order valence-electron chi connectivity index (χ3n) is 9.78. The van der Waals surface area contributed by atoms with Gasteiger partial charge in [-0.15, -0.1) is 0 Å². The van der Waals surface area contributed by atoms with E-state index in [-0.39, 0.29) is 0 Å². The van der Waals surface area contributed by atoms with Crippen LogP contribution in [-0.4, -0.2) is 14.5 Å². The standard InChI is InChI=1S/C44H26N4O2/c1-2-12-27(13-3-1)28-22-24-29(25-23-28)41-30-14-4-6-16-32(30)45-44(46-41)48-33-17-7-5-15-31(33)40-36(48)26-39-42-43(40)50-38-21-11-9-19-35(38)47(42)34-18-8-10-20-37(34)49-39/h1-26H. The summed E-state index contributed by atoms with van der Waals surface area (Å²) >= 11 is 0. The topological polar surface area (TPSA) is 52.4 Å². The summed E-state index contributed by atoms with van der Waals surface area (Å²) in [6, 6.07) is 54.1. The highest BCUT2D eigenvalue weighted by atomic mass is 16.5. The zero-order valence-corrected chi connectivity index (χ0v) is 26.6. The van der Waals surface area contributed by atoms with Crippen molar-refractivity contribution in [2.75, 3.05) is 4.90 Å². The highest BCUT2D eigenvalue weighted by Gasteiger charge is 2.37. The highest BCUT2D eigenvalue weighted by Crippen LogP contribution is 2.62. The third kappa shape index (κ3) is 3.84. The van der Waals surface area contributed by atoms with Crippen LogP contribution >= 0.6 is 0 Å². The van der Waals surface area contributed by atoms with Crippen LogP contribution in [0.2, 0.25) is 0 Å². The molecule has 234 valence electrons. The van der Waals surface area contributed by atoms with Gasteiger partial charge in [0.15, 0.2) is 23.0 Å². The van der Waals surface area contributed by atoms with Crippen molar-refractivity contribution in [2.24, 2.45) is 0 Å². The van der Waals surface area contributed by atoms with Gasteiger partial charge in [0.25, 0.3) is 0 Å². The molecule has 6 nitrogen and oxygen atoms in total. The maximum Gasteiger partial charge on any atom is 0.235 e. The molecule has 0 saturated heterocycles. The number of rotatable bonds is 3. The molecule has 0 fully saturated rings. The van der Waals surface area contributed by atoms with E-state index in [2.05, 4.69) is 113 Å². The lowest BCUT2D eigenvalue weighted by Crippen LogP contribution is -2.20. The van der Waals surface area contributed by atoms with Crippen molar-refractivity contribution in [3.8, 4) is 51.3 Å². The largest absolute Gasteiger partial charge is 0.453 e. The maximum atomic E-state index is 6.84. The summed E-state index contributed by atoms with van der Waals surface area (Å²) in [5, 5.41) is 3.02. The van der Waals surface area contributed by atoms with Gasteiger partial charge in [0.1, 0.15) is 5.69 Å². The predicted molar refractivity (Wildman–Crippen MR) is 200 cm³/mol. The zero-order valence-electron chi connectivity index (χ0n) is 26.6. The molecule has 4 heterocycles. The summed E-state index contributed by atoms with van der Waals surface area (Å²) in [7, 11) is 0. The first-order valence-electron chi connectivity index (χ1n) is 16.7. The van der Waals surface area contributed by atoms with Crippen molar-refractivity contribution in [2.45, 2.75) is 0 Å². The lowest BCUT2D eigenvalue weighted by Gasteiger charge is -2.38. The number of benzene rings is 7. The number of fused-ring (bicyclic) bond motifs is 9. The molecule has 7 aromatic carbocycles. The van der Waals surface area contributed by atoms with Crippen LogP contribution in [0.5, 0.6) is 23.0 Å². The minimum absolute atomic E-state index is 0.577. The van der Waals surface area contributed by atoms with Crippen LogP contribution in [0.3, 0.4) is 0 Å². The minimum Gasteiger partial charge on any atom is -0.453 e. The second-order valence-electron chi connectivity index (χ2n) is 12.6. The fraction of sp³-hybridized carbons (Fsp3) is 0. The molecular weight excluding hydrogens is 617 g/mol. The highest BCUT2D eigenvalue weighted by molar-refractivity contribution is 6.17. The molecule has 0 aliphatic carbocycles. The average Bonchev–Trinajstić information content (AvgIpc) is 3.52. The van der Waals surface area contributed by atoms with E-state index in [1.807, 2.05) is 54.6 Å². The second-order valence-corrected chi connectivity index (χ2v) is 12.6. The Bertz CT molecular complexity index is 2810. The number of anilines is 3. The Morgan fingerprint density at radius 3 is 1.88 bits per heavy atom. The van der Waals surface area contributed by atoms with Crippen LogP contribution in [0.15, 0.2) is 158 Å². The van der Waals surface area contributed by atoms with Gasteiger partial charge in [-0.1, -0.05) is 115 Å². The number of hydrogen-bond acceptors (Lipinski definition) is 5. The molecule has 0 amide bonds. The lowest BCUT2D eigenvalue weighted by molar-refractivity contribution is 0.450. The molecule has 0 bridgehead atoms. The fourth-order valence-electron chi connectivity index (χ4n) is 7.55. The first-order chi connectivity index (χ1) is 24.8. The summed E-state index contributed by atoms with van der Waals surface area (Å²) in [4.78, 5) is 12.8. The first kappa shape index (κ1) is 27.1. The van der Waals surface area contributed by atoms with Gasteiger partial charge in [-0.05, 0) is 47.5 Å². The Kier molecular flexibility index (Phi) is 5.57. The minimum atomic E-state index is 0.577. The third-order valence-corrected chi connectivity index (χ3v) is 9.78. The molecule has 0 N–H and O–H groups in total. The van der Waals surface area contributed by atoms with Crippen molar-refractivity contribution in [3.63, 3.8) is 0 Å². The smallest absolute Gasteiger partial charge is 0.235 e. The Morgan fingerprint density at radius 2 is 1.08 bits per heavy atom. The summed E-state index contributed by atoms with van der Waals surface area (Å²) in [6.07, 6.45) is 0. The molecular formula is C44H26N4O2. The molecule has 9 aromatic rings. The van der Waals surface area contributed by atoms with E-state index in [9.17, 15) is 0 Å². The number of hydrogen-bond donors (Lipinski definition) is 0. The van der Waals surface area contributed by atoms with Gasteiger partial charge in [0.2, 0.25) is 5.95 Å². The first-order valence-corrected chi connectivity index (χ1v) is 16.7. The molecule has 2 aliphatic rings. The van der Waals surface area contributed by atoms with Crippen molar-refractivity contribution in [1.82, 2.24) is 14.5 Å². The van der Waals surface area contributed by atoms with E-state index in [1.165, 1.54) is 5.56 Å². The van der Waals surface area contributed by atoms with Gasteiger partial charge in [0, 0.05) is 22.4 Å². The van der Waals surface area contributed by atoms with Crippen LogP contribution in [0.25, 0.3) is 61.0 Å². The van der Waals surface area contributed by atoms with Crippen LogP contribution in [0.1, 0.15) is 0 Å². The molecule has 0 atom stereocenters. The molecule has 0 radical (unpaired) electrons. The van der Waals surface area contributed by atoms with Crippen LogP contribution < -0.4 is 14.4 Å². The average molecular weight is 643 g/mol.